The smallest absolute Gasteiger partial charge is 0.254 e. The van der Waals surface area contributed by atoms with Gasteiger partial charge >= 0.3 is 0 Å². The average molecular weight is 377 g/mol. The first-order valence-corrected chi connectivity index (χ1v) is 10.2. The highest BCUT2D eigenvalue weighted by atomic mass is 32.1. The number of nitrogens with zero attached hydrogens (tertiary/aromatic N) is 2. The molecule has 6 nitrogen and oxygen atoms in total. The van der Waals surface area contributed by atoms with E-state index in [1.54, 1.807) is 4.90 Å². The minimum Gasteiger partial charge on any atom is -0.342 e. The Kier molecular flexibility index (Phi) is 5.37. The lowest BCUT2D eigenvalue weighted by Gasteiger charge is -2.33. The van der Waals surface area contributed by atoms with Crippen LogP contribution in [0.1, 0.15) is 50.4 Å². The maximum Gasteiger partial charge on any atom is 0.254 e. The molecule has 0 bridgehead atoms. The van der Waals surface area contributed by atoms with Crippen molar-refractivity contribution in [1.82, 2.24) is 15.1 Å². The first kappa shape index (κ1) is 18.9. The number of rotatable bonds is 5. The van der Waals surface area contributed by atoms with Crippen molar-refractivity contribution in [3.05, 3.63) is 22.4 Å². The Morgan fingerprint density at radius 3 is 2.69 bits per heavy atom. The van der Waals surface area contributed by atoms with Crippen molar-refractivity contribution in [2.45, 2.75) is 45.6 Å². The van der Waals surface area contributed by atoms with E-state index in [4.69, 9.17) is 5.41 Å². The quantitative estimate of drug-likeness (QED) is 0.830. The van der Waals surface area contributed by atoms with Crippen molar-refractivity contribution in [2.75, 3.05) is 19.6 Å². The van der Waals surface area contributed by atoms with Gasteiger partial charge in [-0.1, -0.05) is 13.8 Å². The molecule has 2 fully saturated rings. The van der Waals surface area contributed by atoms with Crippen molar-refractivity contribution < 1.29 is 9.59 Å². The van der Waals surface area contributed by atoms with E-state index in [0.717, 1.165) is 24.8 Å². The monoisotopic (exact) mass is 376 g/mol. The van der Waals surface area contributed by atoms with Gasteiger partial charge in [-0.15, -0.1) is 0 Å². The Morgan fingerprint density at radius 2 is 2.12 bits per heavy atom. The van der Waals surface area contributed by atoms with Gasteiger partial charge < -0.3 is 10.2 Å². The number of nitrogens with one attached hydrogen (secondary N) is 2. The highest BCUT2D eigenvalue weighted by molar-refractivity contribution is 7.08. The molecule has 0 spiro atoms. The van der Waals surface area contributed by atoms with E-state index in [2.05, 4.69) is 19.2 Å². The molecule has 2 aliphatic rings. The van der Waals surface area contributed by atoms with Crippen LogP contribution in [0.2, 0.25) is 0 Å². The molecule has 0 aromatic carbocycles. The van der Waals surface area contributed by atoms with Crippen LogP contribution >= 0.6 is 11.3 Å². The van der Waals surface area contributed by atoms with E-state index in [0.29, 0.717) is 31.5 Å². The Morgan fingerprint density at radius 1 is 1.42 bits per heavy atom. The minimum absolute atomic E-state index is 0.00739. The minimum atomic E-state index is -0.666. The molecular weight excluding hydrogens is 348 g/mol. The molecule has 7 heteroatoms. The molecule has 142 valence electrons. The van der Waals surface area contributed by atoms with Gasteiger partial charge in [-0.25, -0.2) is 0 Å². The lowest BCUT2D eigenvalue weighted by Crippen LogP contribution is -2.46. The fourth-order valence-corrected chi connectivity index (χ4v) is 4.69. The van der Waals surface area contributed by atoms with Crippen molar-refractivity contribution in [1.29, 1.82) is 5.41 Å². The zero-order valence-electron chi connectivity index (χ0n) is 15.7. The molecule has 1 atom stereocenters. The summed E-state index contributed by atoms with van der Waals surface area (Å²) in [6, 6.07) is 1.87. The summed E-state index contributed by atoms with van der Waals surface area (Å²) in [4.78, 5) is 28.8. The van der Waals surface area contributed by atoms with Gasteiger partial charge in [0.05, 0.1) is 5.56 Å². The zero-order valence-corrected chi connectivity index (χ0v) is 16.6. The molecule has 1 unspecified atom stereocenters. The summed E-state index contributed by atoms with van der Waals surface area (Å²) < 4.78 is 0. The molecule has 3 heterocycles. The molecule has 2 aliphatic heterocycles. The Labute approximate surface area is 159 Å². The molecule has 2 saturated heterocycles. The van der Waals surface area contributed by atoms with Gasteiger partial charge in [-0.3, -0.25) is 19.9 Å². The van der Waals surface area contributed by atoms with Crippen LogP contribution in [0.4, 0.5) is 0 Å². The van der Waals surface area contributed by atoms with E-state index < -0.39 is 5.54 Å². The number of hydrogen-bond acceptors (Lipinski definition) is 4. The highest BCUT2D eigenvalue weighted by Gasteiger charge is 2.46. The second kappa shape index (κ2) is 7.39. The molecule has 1 aromatic rings. The van der Waals surface area contributed by atoms with E-state index in [1.807, 2.05) is 28.7 Å². The second-order valence-electron chi connectivity index (χ2n) is 8.07. The van der Waals surface area contributed by atoms with Crippen molar-refractivity contribution >= 4 is 29.1 Å². The van der Waals surface area contributed by atoms with E-state index in [9.17, 15) is 9.59 Å². The molecule has 0 radical (unpaired) electrons. The summed E-state index contributed by atoms with van der Waals surface area (Å²) in [5.41, 5.74) is 0.0968. The number of hydrogen-bond donors (Lipinski definition) is 2. The molecule has 2 N–H and O–H groups in total. The van der Waals surface area contributed by atoms with Gasteiger partial charge in [0.25, 0.3) is 11.8 Å². The van der Waals surface area contributed by atoms with Gasteiger partial charge in [0.1, 0.15) is 5.54 Å². The number of piperidine rings is 1. The molecule has 0 aliphatic carbocycles. The maximum absolute atomic E-state index is 12.8. The summed E-state index contributed by atoms with van der Waals surface area (Å²) in [5.74, 6) is 1.04. The summed E-state index contributed by atoms with van der Waals surface area (Å²) in [6.45, 7) is 8.07. The number of guanidine groups is 1. The third-order valence-electron chi connectivity index (χ3n) is 5.31. The van der Waals surface area contributed by atoms with Gasteiger partial charge in [0.15, 0.2) is 5.96 Å². The summed E-state index contributed by atoms with van der Waals surface area (Å²) in [6.07, 6.45) is 2.46. The first-order chi connectivity index (χ1) is 12.3. The highest BCUT2D eigenvalue weighted by Crippen LogP contribution is 2.27. The third-order valence-corrected chi connectivity index (χ3v) is 5.99. The molecular formula is C19H28N4O2S. The van der Waals surface area contributed by atoms with Crippen LogP contribution in [0.5, 0.6) is 0 Å². The normalized spacial score (nSPS) is 24.5. The lowest BCUT2D eigenvalue weighted by atomic mass is 9.90. The lowest BCUT2D eigenvalue weighted by molar-refractivity contribution is -0.131. The number of likely N-dealkylation sites (tertiary alicyclic amines) is 1. The summed E-state index contributed by atoms with van der Waals surface area (Å²) in [5, 5.41) is 15.1. The Hall–Kier alpha value is -1.89. The zero-order chi connectivity index (χ0) is 18.9. The van der Waals surface area contributed by atoms with Crippen LogP contribution < -0.4 is 5.32 Å². The fraction of sp³-hybridized carbons (Fsp3) is 0.632. The van der Waals surface area contributed by atoms with Gasteiger partial charge in [-0.2, -0.15) is 11.3 Å². The molecule has 1 aromatic heterocycles. The standard InChI is InChI=1S/C19H28N4O2S/c1-13(2)10-19(3)17(25)23(18(20)21-19)11-14-4-7-22(8-5-14)16(24)15-6-9-26-12-15/h6,9,12-14H,4-5,7-8,10-11H2,1-3H3,(H2,20,21). The number of amides is 2. The summed E-state index contributed by atoms with van der Waals surface area (Å²) in [7, 11) is 0. The van der Waals surface area contributed by atoms with Crippen LogP contribution in [0, 0.1) is 17.2 Å². The van der Waals surface area contributed by atoms with Crippen LogP contribution in [0.3, 0.4) is 0 Å². The van der Waals surface area contributed by atoms with E-state index in [1.165, 1.54) is 11.3 Å². The van der Waals surface area contributed by atoms with Crippen LogP contribution in [-0.2, 0) is 4.79 Å². The SMILES string of the molecule is CC(C)CC1(C)NC(=N)N(CC2CCN(C(=O)c3ccsc3)CC2)C1=O. The molecule has 3 rings (SSSR count). The predicted octanol–water partition coefficient (Wildman–Crippen LogP) is 2.77. The predicted molar refractivity (Wildman–Crippen MR) is 103 cm³/mol. The van der Waals surface area contributed by atoms with Gasteiger partial charge in [0, 0.05) is 25.0 Å². The molecule has 2 amide bonds. The molecule has 0 saturated carbocycles. The number of carbonyl (C=O) groups is 2. The Bertz CT molecular complexity index is 680. The fourth-order valence-electron chi connectivity index (χ4n) is 4.06. The second-order valence-corrected chi connectivity index (χ2v) is 8.85. The maximum atomic E-state index is 12.8. The number of carbonyl (C=O) groups excluding carboxylic acids is 2. The summed E-state index contributed by atoms with van der Waals surface area (Å²) >= 11 is 1.54. The van der Waals surface area contributed by atoms with Crippen molar-refractivity contribution in [3.63, 3.8) is 0 Å². The van der Waals surface area contributed by atoms with Gasteiger partial charge in [-0.05, 0) is 49.5 Å². The van der Waals surface area contributed by atoms with Crippen LogP contribution in [-0.4, -0.2) is 52.7 Å². The van der Waals surface area contributed by atoms with E-state index >= 15 is 0 Å². The first-order valence-electron chi connectivity index (χ1n) is 9.30. The number of thiophene rings is 1. The van der Waals surface area contributed by atoms with E-state index in [-0.39, 0.29) is 17.8 Å². The van der Waals surface area contributed by atoms with Gasteiger partial charge in [0.2, 0.25) is 0 Å². The van der Waals surface area contributed by atoms with Crippen molar-refractivity contribution in [2.24, 2.45) is 11.8 Å². The van der Waals surface area contributed by atoms with Crippen molar-refractivity contribution in [3.8, 4) is 0 Å². The largest absolute Gasteiger partial charge is 0.342 e. The Balaban J connectivity index is 1.55. The molecule has 26 heavy (non-hydrogen) atoms. The third kappa shape index (κ3) is 3.77. The van der Waals surface area contributed by atoms with Crippen LogP contribution in [0.15, 0.2) is 16.8 Å². The topological polar surface area (TPSA) is 76.5 Å². The average Bonchev–Trinajstić information content (AvgIpc) is 3.18. The van der Waals surface area contributed by atoms with Crippen LogP contribution in [0.25, 0.3) is 0 Å².